The number of likely N-dealkylation sites (tertiary alicyclic amines) is 1. The predicted octanol–water partition coefficient (Wildman–Crippen LogP) is 0.927. The van der Waals surface area contributed by atoms with Crippen LogP contribution in [0.2, 0.25) is 5.02 Å². The largest absolute Gasteiger partial charge is 0.542 e. The summed E-state index contributed by atoms with van der Waals surface area (Å²) in [7, 11) is 0. The summed E-state index contributed by atoms with van der Waals surface area (Å²) in [5, 5.41) is 22.2. The molecule has 1 amide bonds. The van der Waals surface area contributed by atoms with E-state index in [0.29, 0.717) is 17.4 Å². The van der Waals surface area contributed by atoms with Gasteiger partial charge in [0.15, 0.2) is 0 Å². The summed E-state index contributed by atoms with van der Waals surface area (Å²) in [6.07, 6.45) is -2.78. The van der Waals surface area contributed by atoms with Gasteiger partial charge < -0.3 is 25.2 Å². The van der Waals surface area contributed by atoms with Crippen molar-refractivity contribution in [2.75, 3.05) is 13.1 Å². The first-order valence-corrected chi connectivity index (χ1v) is 11.2. The molecule has 1 fully saturated rings. The van der Waals surface area contributed by atoms with E-state index in [-0.39, 0.29) is 18.1 Å². The van der Waals surface area contributed by atoms with Crippen LogP contribution in [0, 0.1) is 0 Å². The Morgan fingerprint density at radius 1 is 1.29 bits per heavy atom. The summed E-state index contributed by atoms with van der Waals surface area (Å²) in [6, 6.07) is 13.1. The molecule has 4 rings (SSSR count). The molecule has 35 heavy (non-hydrogen) atoms. The molecule has 0 spiro atoms. The number of hydrogen-bond donors (Lipinski definition) is 3. The number of carboxylic acid groups (broad SMARTS) is 1. The molecule has 1 aliphatic rings. The van der Waals surface area contributed by atoms with Gasteiger partial charge in [-0.2, -0.15) is 13.2 Å². The lowest BCUT2D eigenvalue weighted by atomic mass is 10.1. The van der Waals surface area contributed by atoms with Crippen LogP contribution in [0.5, 0.6) is 0 Å². The van der Waals surface area contributed by atoms with E-state index in [1.807, 2.05) is 60.0 Å². The topological polar surface area (TPSA) is 111 Å². The van der Waals surface area contributed by atoms with Gasteiger partial charge in [-0.25, -0.2) is 4.98 Å². The minimum absolute atomic E-state index is 0.236. The molecule has 2 aromatic heterocycles. The number of nitrogens with zero attached hydrogens (tertiary/aromatic N) is 2. The fraction of sp³-hybridized carbons (Fsp3) is 0.348. The van der Waals surface area contributed by atoms with Gasteiger partial charge in [0.1, 0.15) is 30.9 Å². The number of aliphatic hydroxyl groups excluding tert-OH is 1. The van der Waals surface area contributed by atoms with Gasteiger partial charge in [0.25, 0.3) is 5.91 Å². The smallest absolute Gasteiger partial charge is 0.430 e. The second-order valence-electron chi connectivity index (χ2n) is 8.16. The Balaban J connectivity index is 0.000000429. The van der Waals surface area contributed by atoms with Crippen LogP contribution in [-0.2, 0) is 11.3 Å². The maximum absolute atomic E-state index is 13.0. The lowest BCUT2D eigenvalue weighted by Gasteiger charge is -2.15. The van der Waals surface area contributed by atoms with Crippen molar-refractivity contribution in [3.05, 3.63) is 70.8 Å². The van der Waals surface area contributed by atoms with Gasteiger partial charge in [0, 0.05) is 17.6 Å². The highest BCUT2D eigenvalue weighted by molar-refractivity contribution is 6.31. The van der Waals surface area contributed by atoms with E-state index >= 15 is 0 Å². The number of pyridine rings is 1. The van der Waals surface area contributed by atoms with Crippen molar-refractivity contribution in [1.29, 1.82) is 0 Å². The van der Waals surface area contributed by atoms with E-state index in [9.17, 15) is 23.1 Å². The number of rotatable bonds is 5. The Labute approximate surface area is 203 Å². The minimum Gasteiger partial charge on any atom is -0.542 e. The van der Waals surface area contributed by atoms with E-state index in [1.165, 1.54) is 4.90 Å². The molecule has 0 bridgehead atoms. The summed E-state index contributed by atoms with van der Waals surface area (Å²) in [5.41, 5.74) is 2.67. The van der Waals surface area contributed by atoms with E-state index in [4.69, 9.17) is 21.5 Å². The molecule has 3 heterocycles. The fourth-order valence-corrected chi connectivity index (χ4v) is 4.16. The fourth-order valence-electron chi connectivity index (χ4n) is 3.86. The Hall–Kier alpha value is -3.15. The van der Waals surface area contributed by atoms with Crippen molar-refractivity contribution in [3.63, 3.8) is 0 Å². The molecule has 0 radical (unpaired) electrons. The molecular formula is C23H24ClF3N4O4. The lowest BCUT2D eigenvalue weighted by molar-refractivity contribution is -0.902. The number of aliphatic carboxylic acids is 1. The molecule has 8 nitrogen and oxygen atoms in total. The monoisotopic (exact) mass is 512 g/mol. The van der Waals surface area contributed by atoms with Gasteiger partial charge in [0.05, 0.1) is 18.1 Å². The van der Waals surface area contributed by atoms with Gasteiger partial charge in [-0.1, -0.05) is 35.9 Å². The molecule has 1 aromatic carbocycles. The summed E-state index contributed by atoms with van der Waals surface area (Å²) in [5.74, 6) is -2.88. The number of carbonyl (C=O) groups is 2. The molecule has 188 valence electrons. The Kier molecular flexibility index (Phi) is 8.36. The molecule has 3 atom stereocenters. The third kappa shape index (κ3) is 6.71. The van der Waals surface area contributed by atoms with Crippen LogP contribution in [0.25, 0.3) is 5.52 Å². The molecule has 1 aliphatic heterocycles. The standard InChI is InChI=1S/C21H23ClN4O2.C2HF3O2/c1-14(16-6-2-3-7-17(16)22)23-21(28)20-24-18(13-25-11-9-15(27)12-25)19-8-4-5-10-26(19)20;3-2(4,5)1(6)7/h2-8,10,14-15,27H,9,11-13H2,1H3,(H,23,28);(H,6,7). The van der Waals surface area contributed by atoms with Crippen molar-refractivity contribution < 1.29 is 37.9 Å². The summed E-state index contributed by atoms with van der Waals surface area (Å²) in [6.45, 7) is 4.23. The highest BCUT2D eigenvalue weighted by Crippen LogP contribution is 2.23. The van der Waals surface area contributed by atoms with Crippen LogP contribution in [0.15, 0.2) is 48.7 Å². The third-order valence-electron chi connectivity index (χ3n) is 5.55. The SMILES string of the molecule is CC(NC(=O)c1nc(C[NH+]2CCC(O)C2)c2ccccn12)c1ccccc1Cl.O=C([O-])C(F)(F)F. The maximum Gasteiger partial charge on any atom is 0.430 e. The normalized spacial score (nSPS) is 18.6. The van der Waals surface area contributed by atoms with Crippen molar-refractivity contribution in [2.24, 2.45) is 0 Å². The predicted molar refractivity (Wildman–Crippen MR) is 119 cm³/mol. The zero-order chi connectivity index (χ0) is 25.8. The van der Waals surface area contributed by atoms with Gasteiger partial charge in [-0.15, -0.1) is 0 Å². The molecule has 1 saturated heterocycles. The molecular weight excluding hydrogens is 489 g/mol. The zero-order valence-electron chi connectivity index (χ0n) is 18.7. The number of amides is 1. The Bertz CT molecular complexity index is 1200. The summed E-state index contributed by atoms with van der Waals surface area (Å²) >= 11 is 6.26. The number of alkyl halides is 3. The average Bonchev–Trinajstić information content (AvgIpc) is 3.37. The molecule has 3 aromatic rings. The number of benzene rings is 1. The van der Waals surface area contributed by atoms with Crippen molar-refractivity contribution in [2.45, 2.75) is 38.2 Å². The Morgan fingerprint density at radius 2 is 1.94 bits per heavy atom. The average molecular weight is 513 g/mol. The molecule has 3 N–H and O–H groups in total. The molecule has 0 aliphatic carbocycles. The highest BCUT2D eigenvalue weighted by atomic mass is 35.5. The van der Waals surface area contributed by atoms with Crippen LogP contribution in [0.1, 0.15) is 41.3 Å². The molecule has 12 heteroatoms. The third-order valence-corrected chi connectivity index (χ3v) is 5.90. The number of aromatic nitrogens is 2. The Morgan fingerprint density at radius 3 is 2.54 bits per heavy atom. The van der Waals surface area contributed by atoms with Crippen LogP contribution in [0.4, 0.5) is 13.2 Å². The minimum atomic E-state index is -5.19. The number of nitrogens with one attached hydrogen (secondary N) is 2. The van der Waals surface area contributed by atoms with Crippen LogP contribution in [0.3, 0.4) is 0 Å². The van der Waals surface area contributed by atoms with E-state index in [0.717, 1.165) is 36.3 Å². The second kappa shape index (κ2) is 11.1. The summed E-state index contributed by atoms with van der Waals surface area (Å²) in [4.78, 5) is 27.7. The van der Waals surface area contributed by atoms with Crippen LogP contribution >= 0.6 is 11.6 Å². The first kappa shape index (κ1) is 26.5. The van der Waals surface area contributed by atoms with E-state index in [2.05, 4.69) is 10.3 Å². The highest BCUT2D eigenvalue weighted by Gasteiger charge is 2.29. The second-order valence-corrected chi connectivity index (χ2v) is 8.57. The maximum atomic E-state index is 13.0. The van der Waals surface area contributed by atoms with Crippen LogP contribution in [-0.4, -0.2) is 51.7 Å². The van der Waals surface area contributed by atoms with Crippen molar-refractivity contribution >= 4 is 29.0 Å². The quantitative estimate of drug-likeness (QED) is 0.471. The first-order chi connectivity index (χ1) is 16.5. The van der Waals surface area contributed by atoms with E-state index < -0.39 is 12.1 Å². The zero-order valence-corrected chi connectivity index (χ0v) is 19.4. The van der Waals surface area contributed by atoms with Gasteiger partial charge in [-0.05, 0) is 30.7 Å². The number of hydrogen-bond acceptors (Lipinski definition) is 5. The van der Waals surface area contributed by atoms with E-state index in [1.54, 1.807) is 0 Å². The number of fused-ring (bicyclic) bond motifs is 1. The number of aliphatic hydroxyl groups is 1. The lowest BCUT2D eigenvalue weighted by Crippen LogP contribution is -3.09. The number of carboxylic acids is 1. The van der Waals surface area contributed by atoms with Gasteiger partial charge >= 0.3 is 6.18 Å². The first-order valence-electron chi connectivity index (χ1n) is 10.8. The van der Waals surface area contributed by atoms with Crippen molar-refractivity contribution in [3.8, 4) is 0 Å². The molecule has 3 unspecified atom stereocenters. The van der Waals surface area contributed by atoms with Crippen LogP contribution < -0.4 is 15.3 Å². The number of imidazole rings is 1. The summed E-state index contributed by atoms with van der Waals surface area (Å²) < 4.78 is 33.4. The number of quaternary nitrogens is 1. The van der Waals surface area contributed by atoms with Gasteiger partial charge in [0.2, 0.25) is 5.82 Å². The number of halogens is 4. The number of carbonyl (C=O) groups excluding carboxylic acids is 2. The van der Waals surface area contributed by atoms with Gasteiger partial charge in [-0.3, -0.25) is 9.20 Å². The van der Waals surface area contributed by atoms with Crippen molar-refractivity contribution in [1.82, 2.24) is 14.7 Å². The molecule has 0 saturated carbocycles.